The van der Waals surface area contributed by atoms with Crippen LogP contribution in [0.3, 0.4) is 0 Å². The second-order valence-corrected chi connectivity index (χ2v) is 5.21. The summed E-state index contributed by atoms with van der Waals surface area (Å²) in [7, 11) is 1.97. The molecule has 2 aromatic rings. The smallest absolute Gasteiger partial charge is 0.134 e. The van der Waals surface area contributed by atoms with Crippen molar-refractivity contribution in [3.05, 3.63) is 58.5 Å². The van der Waals surface area contributed by atoms with Crippen LogP contribution in [-0.2, 0) is 6.42 Å². The van der Waals surface area contributed by atoms with Gasteiger partial charge in [0.15, 0.2) is 0 Å². The minimum atomic E-state index is 0.276. The molecule has 1 heterocycles. The molecule has 1 atom stereocenters. The zero-order valence-corrected chi connectivity index (χ0v) is 12.1. The summed E-state index contributed by atoms with van der Waals surface area (Å²) >= 11 is 3.51. The molecular formula is C15H18BrNO. The molecule has 96 valence electrons. The van der Waals surface area contributed by atoms with Gasteiger partial charge in [-0.15, -0.1) is 0 Å². The van der Waals surface area contributed by atoms with Crippen LogP contribution in [0.4, 0.5) is 0 Å². The quantitative estimate of drug-likeness (QED) is 0.859. The molecule has 18 heavy (non-hydrogen) atoms. The molecule has 1 N–H and O–H groups in total. The van der Waals surface area contributed by atoms with Gasteiger partial charge in [0.05, 0.1) is 16.8 Å². The van der Waals surface area contributed by atoms with E-state index in [-0.39, 0.29) is 6.04 Å². The first-order valence-corrected chi connectivity index (χ1v) is 7.04. The lowest BCUT2D eigenvalue weighted by Crippen LogP contribution is -2.16. The van der Waals surface area contributed by atoms with Gasteiger partial charge in [-0.1, -0.05) is 30.3 Å². The van der Waals surface area contributed by atoms with Gasteiger partial charge in [0.1, 0.15) is 5.76 Å². The molecule has 0 aliphatic carbocycles. The highest BCUT2D eigenvalue weighted by Crippen LogP contribution is 2.27. The van der Waals surface area contributed by atoms with E-state index in [9.17, 15) is 0 Å². The van der Waals surface area contributed by atoms with Crippen molar-refractivity contribution in [2.24, 2.45) is 0 Å². The number of hydrogen-bond acceptors (Lipinski definition) is 2. The van der Waals surface area contributed by atoms with Crippen LogP contribution >= 0.6 is 15.9 Å². The molecule has 0 amide bonds. The average Bonchev–Trinajstić information content (AvgIpc) is 2.82. The number of furan rings is 1. The number of nitrogens with one attached hydrogen (secondary N) is 1. The minimum Gasteiger partial charge on any atom is -0.466 e. The Kier molecular flexibility index (Phi) is 5.02. The van der Waals surface area contributed by atoms with E-state index >= 15 is 0 Å². The van der Waals surface area contributed by atoms with Crippen LogP contribution in [-0.4, -0.2) is 7.05 Å². The summed E-state index contributed by atoms with van der Waals surface area (Å²) < 4.78 is 6.55. The number of halogens is 1. The first kappa shape index (κ1) is 13.4. The van der Waals surface area contributed by atoms with E-state index in [1.165, 1.54) is 5.56 Å². The molecule has 0 aliphatic heterocycles. The maximum absolute atomic E-state index is 5.51. The summed E-state index contributed by atoms with van der Waals surface area (Å²) in [6.45, 7) is 0. The van der Waals surface area contributed by atoms with Gasteiger partial charge >= 0.3 is 0 Å². The van der Waals surface area contributed by atoms with Crippen molar-refractivity contribution in [2.45, 2.75) is 25.3 Å². The maximum Gasteiger partial charge on any atom is 0.134 e. The Morgan fingerprint density at radius 3 is 2.61 bits per heavy atom. The Morgan fingerprint density at radius 2 is 2.00 bits per heavy atom. The first-order chi connectivity index (χ1) is 8.81. The van der Waals surface area contributed by atoms with Gasteiger partial charge in [0.25, 0.3) is 0 Å². The van der Waals surface area contributed by atoms with E-state index in [1.807, 2.05) is 13.1 Å². The third kappa shape index (κ3) is 3.47. The molecule has 1 unspecified atom stereocenters. The highest BCUT2D eigenvalue weighted by molar-refractivity contribution is 9.10. The molecule has 0 bridgehead atoms. The van der Waals surface area contributed by atoms with Crippen molar-refractivity contribution < 1.29 is 4.42 Å². The van der Waals surface area contributed by atoms with Crippen LogP contribution in [0.15, 0.2) is 51.6 Å². The van der Waals surface area contributed by atoms with E-state index in [1.54, 1.807) is 6.26 Å². The van der Waals surface area contributed by atoms with E-state index in [2.05, 4.69) is 51.6 Å². The number of benzene rings is 1. The fourth-order valence-electron chi connectivity index (χ4n) is 2.12. The number of rotatable bonds is 6. The molecule has 0 saturated carbocycles. The predicted molar refractivity (Wildman–Crippen MR) is 77.6 cm³/mol. The normalized spacial score (nSPS) is 12.6. The Morgan fingerprint density at radius 1 is 1.22 bits per heavy atom. The molecule has 1 aromatic heterocycles. The Balaban J connectivity index is 1.87. The standard InChI is InChI=1S/C15H18BrNO/c1-17-14(15-13(16)10-11-18-15)9-5-8-12-6-3-2-4-7-12/h2-4,6-7,10-11,14,17H,5,8-9H2,1H3. The molecule has 0 saturated heterocycles. The SMILES string of the molecule is CNC(CCCc1ccccc1)c1occc1Br. The summed E-state index contributed by atoms with van der Waals surface area (Å²) in [6, 6.07) is 12.8. The van der Waals surface area contributed by atoms with Crippen molar-refractivity contribution in [2.75, 3.05) is 7.05 Å². The van der Waals surface area contributed by atoms with Crippen LogP contribution in [0.2, 0.25) is 0 Å². The Bertz CT molecular complexity index is 466. The van der Waals surface area contributed by atoms with Crippen molar-refractivity contribution in [1.29, 1.82) is 0 Å². The van der Waals surface area contributed by atoms with Gasteiger partial charge in [-0.2, -0.15) is 0 Å². The van der Waals surface area contributed by atoms with Crippen molar-refractivity contribution in [1.82, 2.24) is 5.32 Å². The molecule has 0 radical (unpaired) electrons. The van der Waals surface area contributed by atoms with Crippen LogP contribution in [0.5, 0.6) is 0 Å². The summed E-state index contributed by atoms with van der Waals surface area (Å²) in [4.78, 5) is 0. The van der Waals surface area contributed by atoms with Crippen LogP contribution in [0.25, 0.3) is 0 Å². The molecular weight excluding hydrogens is 290 g/mol. The Hall–Kier alpha value is -1.06. The lowest BCUT2D eigenvalue weighted by molar-refractivity contribution is 0.405. The monoisotopic (exact) mass is 307 g/mol. The topological polar surface area (TPSA) is 25.2 Å². The maximum atomic E-state index is 5.51. The molecule has 0 aliphatic rings. The molecule has 0 spiro atoms. The zero-order chi connectivity index (χ0) is 12.8. The van der Waals surface area contributed by atoms with Crippen LogP contribution < -0.4 is 5.32 Å². The summed E-state index contributed by atoms with van der Waals surface area (Å²) in [5.41, 5.74) is 1.39. The fraction of sp³-hybridized carbons (Fsp3) is 0.333. The molecule has 1 aromatic carbocycles. The predicted octanol–water partition coefficient (Wildman–Crippen LogP) is 4.33. The first-order valence-electron chi connectivity index (χ1n) is 6.25. The number of aryl methyl sites for hydroxylation is 1. The van der Waals surface area contributed by atoms with E-state index in [0.717, 1.165) is 29.5 Å². The Labute approximate surface area is 117 Å². The van der Waals surface area contributed by atoms with Gasteiger partial charge in [-0.3, -0.25) is 0 Å². The van der Waals surface area contributed by atoms with Gasteiger partial charge in [-0.05, 0) is 53.9 Å². The van der Waals surface area contributed by atoms with Gasteiger partial charge < -0.3 is 9.73 Å². The number of hydrogen-bond donors (Lipinski definition) is 1. The summed E-state index contributed by atoms with van der Waals surface area (Å²) in [5.74, 6) is 0.991. The van der Waals surface area contributed by atoms with Crippen molar-refractivity contribution in [3.8, 4) is 0 Å². The molecule has 2 nitrogen and oxygen atoms in total. The molecule has 2 rings (SSSR count). The third-order valence-corrected chi connectivity index (χ3v) is 3.77. The van der Waals surface area contributed by atoms with Crippen molar-refractivity contribution >= 4 is 15.9 Å². The van der Waals surface area contributed by atoms with E-state index in [4.69, 9.17) is 4.42 Å². The largest absolute Gasteiger partial charge is 0.466 e. The second kappa shape index (κ2) is 6.76. The highest BCUT2D eigenvalue weighted by atomic mass is 79.9. The molecule has 3 heteroatoms. The second-order valence-electron chi connectivity index (χ2n) is 4.35. The van der Waals surface area contributed by atoms with Gasteiger partial charge in [0.2, 0.25) is 0 Å². The summed E-state index contributed by atoms with van der Waals surface area (Å²) in [5, 5.41) is 3.31. The summed E-state index contributed by atoms with van der Waals surface area (Å²) in [6.07, 6.45) is 5.04. The zero-order valence-electron chi connectivity index (χ0n) is 10.5. The van der Waals surface area contributed by atoms with Gasteiger partial charge in [0, 0.05) is 0 Å². The molecule has 0 fully saturated rings. The van der Waals surface area contributed by atoms with Crippen LogP contribution in [0, 0.1) is 0 Å². The highest BCUT2D eigenvalue weighted by Gasteiger charge is 2.15. The fourth-order valence-corrected chi connectivity index (χ4v) is 2.59. The lowest BCUT2D eigenvalue weighted by atomic mass is 10.0. The van der Waals surface area contributed by atoms with E-state index in [0.29, 0.717) is 0 Å². The third-order valence-electron chi connectivity index (χ3n) is 3.11. The van der Waals surface area contributed by atoms with Crippen LogP contribution in [0.1, 0.15) is 30.2 Å². The van der Waals surface area contributed by atoms with Gasteiger partial charge in [-0.25, -0.2) is 0 Å². The average molecular weight is 308 g/mol. The van der Waals surface area contributed by atoms with E-state index < -0.39 is 0 Å². The minimum absolute atomic E-state index is 0.276. The lowest BCUT2D eigenvalue weighted by Gasteiger charge is -2.14. The van der Waals surface area contributed by atoms with Crippen molar-refractivity contribution in [3.63, 3.8) is 0 Å².